The molecular weight excluding hydrogens is 200 g/mol. The van der Waals surface area contributed by atoms with Crippen LogP contribution in [0.15, 0.2) is 21.6 Å². The van der Waals surface area contributed by atoms with E-state index in [1.807, 2.05) is 20.8 Å². The number of aromatic amines is 1. The molecule has 2 heterocycles. The third-order valence-electron chi connectivity index (χ3n) is 2.15. The molecule has 0 spiro atoms. The number of H-pyrrole nitrogens is 1. The Hall–Kier alpha value is -1.10. The number of rotatable bonds is 0. The van der Waals surface area contributed by atoms with Gasteiger partial charge in [0, 0.05) is 11.6 Å². The maximum absolute atomic E-state index is 11.6. The summed E-state index contributed by atoms with van der Waals surface area (Å²) in [5, 5.41) is 0. The van der Waals surface area contributed by atoms with Gasteiger partial charge in [0.2, 0.25) is 0 Å². The molecule has 76 valence electrons. The number of hydrogen-bond donors (Lipinski definition) is 1. The molecule has 0 aromatic carbocycles. The first-order valence-corrected chi connectivity index (χ1v) is 5.79. The van der Waals surface area contributed by atoms with Gasteiger partial charge in [0.25, 0.3) is 10.0 Å². The van der Waals surface area contributed by atoms with Crippen LogP contribution in [0.25, 0.3) is 0 Å². The predicted octanol–water partition coefficient (Wildman–Crippen LogP) is 1.55. The molecule has 1 aliphatic heterocycles. The largest absolute Gasteiger partial charge is 0.359 e. The van der Waals surface area contributed by atoms with Crippen LogP contribution >= 0.6 is 0 Å². The number of nitrogens with zero attached hydrogens (tertiary/aromatic N) is 1. The van der Waals surface area contributed by atoms with Gasteiger partial charge in [-0.1, -0.05) is 20.8 Å². The van der Waals surface area contributed by atoms with E-state index < -0.39 is 10.0 Å². The summed E-state index contributed by atoms with van der Waals surface area (Å²) in [7, 11) is -3.44. The van der Waals surface area contributed by atoms with Gasteiger partial charge in [0.15, 0.2) is 0 Å². The van der Waals surface area contributed by atoms with Crippen LogP contribution in [0.1, 0.15) is 26.5 Å². The van der Waals surface area contributed by atoms with Crippen LogP contribution in [0, 0.1) is 5.41 Å². The Balaban J connectivity index is 2.72. The molecule has 0 atom stereocenters. The van der Waals surface area contributed by atoms with Crippen molar-refractivity contribution in [3.8, 4) is 0 Å². The van der Waals surface area contributed by atoms with E-state index in [1.165, 1.54) is 0 Å². The van der Waals surface area contributed by atoms with E-state index in [0.29, 0.717) is 16.3 Å². The monoisotopic (exact) mass is 212 g/mol. The van der Waals surface area contributed by atoms with Crippen LogP contribution in [0.5, 0.6) is 0 Å². The summed E-state index contributed by atoms with van der Waals surface area (Å²) in [6.45, 7) is 5.83. The van der Waals surface area contributed by atoms with Gasteiger partial charge in [-0.25, -0.2) is 0 Å². The Bertz CT molecular complexity index is 503. The fourth-order valence-electron chi connectivity index (χ4n) is 1.48. The maximum Gasteiger partial charge on any atom is 0.284 e. The first kappa shape index (κ1) is 9.45. The van der Waals surface area contributed by atoms with Gasteiger partial charge >= 0.3 is 0 Å². The molecule has 0 aliphatic carbocycles. The third-order valence-corrected chi connectivity index (χ3v) is 3.46. The van der Waals surface area contributed by atoms with Crippen molar-refractivity contribution in [2.75, 3.05) is 0 Å². The van der Waals surface area contributed by atoms with Crippen molar-refractivity contribution in [2.45, 2.75) is 25.7 Å². The molecule has 0 amide bonds. The molecule has 1 N–H and O–H groups in total. The molecule has 14 heavy (non-hydrogen) atoms. The van der Waals surface area contributed by atoms with Crippen LogP contribution in [0.4, 0.5) is 0 Å². The molecule has 0 bridgehead atoms. The Kier molecular flexibility index (Phi) is 1.67. The molecule has 2 rings (SSSR count). The van der Waals surface area contributed by atoms with Crippen LogP contribution in [-0.2, 0) is 10.0 Å². The van der Waals surface area contributed by atoms with E-state index in [0.717, 1.165) is 0 Å². The molecule has 0 fully saturated rings. The van der Waals surface area contributed by atoms with Crippen molar-refractivity contribution in [1.29, 1.82) is 0 Å². The van der Waals surface area contributed by atoms with Crippen molar-refractivity contribution in [1.82, 2.24) is 4.98 Å². The second kappa shape index (κ2) is 2.48. The quantitative estimate of drug-likeness (QED) is 0.709. The summed E-state index contributed by atoms with van der Waals surface area (Å²) in [6.07, 6.45) is 1.63. The van der Waals surface area contributed by atoms with Crippen LogP contribution in [0.3, 0.4) is 0 Å². The van der Waals surface area contributed by atoms with Crippen molar-refractivity contribution < 1.29 is 8.42 Å². The van der Waals surface area contributed by atoms with Gasteiger partial charge < -0.3 is 4.98 Å². The van der Waals surface area contributed by atoms with Crippen LogP contribution in [-0.4, -0.2) is 19.1 Å². The van der Waals surface area contributed by atoms with Crippen molar-refractivity contribution in [3.63, 3.8) is 0 Å². The SMILES string of the molecule is CC(C)(C)C1=NS(=O)(=O)c2cc[nH]c21. The molecular formula is C9H12N2O2S. The smallest absolute Gasteiger partial charge is 0.284 e. The van der Waals surface area contributed by atoms with E-state index >= 15 is 0 Å². The predicted molar refractivity (Wildman–Crippen MR) is 54.0 cm³/mol. The van der Waals surface area contributed by atoms with E-state index in [2.05, 4.69) is 9.38 Å². The first-order chi connectivity index (χ1) is 6.32. The summed E-state index contributed by atoms with van der Waals surface area (Å²) < 4.78 is 26.9. The summed E-state index contributed by atoms with van der Waals surface area (Å²) in [5.41, 5.74) is 0.985. The minimum atomic E-state index is -3.44. The van der Waals surface area contributed by atoms with Crippen molar-refractivity contribution in [3.05, 3.63) is 18.0 Å². The molecule has 0 radical (unpaired) electrons. The summed E-state index contributed by atoms with van der Waals surface area (Å²) in [4.78, 5) is 3.21. The van der Waals surface area contributed by atoms with Crippen LogP contribution in [0.2, 0.25) is 0 Å². The zero-order valence-electron chi connectivity index (χ0n) is 8.33. The second-order valence-corrected chi connectivity index (χ2v) is 5.95. The lowest BCUT2D eigenvalue weighted by Gasteiger charge is -2.17. The fourth-order valence-corrected chi connectivity index (χ4v) is 2.84. The zero-order chi connectivity index (χ0) is 10.6. The van der Waals surface area contributed by atoms with E-state index in [9.17, 15) is 8.42 Å². The van der Waals surface area contributed by atoms with Gasteiger partial charge in [-0.3, -0.25) is 0 Å². The Labute approximate surface area is 83.1 Å². The number of hydrogen-bond acceptors (Lipinski definition) is 2. The lowest BCUT2D eigenvalue weighted by Crippen LogP contribution is -2.20. The number of sulfonamides is 1. The average molecular weight is 212 g/mol. The minimum Gasteiger partial charge on any atom is -0.359 e. The standard InChI is InChI=1S/C9H12N2O2S/c1-9(2,3)8-7-6(4-5-10-7)14(12,13)11-8/h4-5,10H,1-3H3. The molecule has 4 nitrogen and oxygen atoms in total. The Morgan fingerprint density at radius 1 is 1.36 bits per heavy atom. The lowest BCUT2D eigenvalue weighted by molar-refractivity contribution is 0.588. The number of fused-ring (bicyclic) bond motifs is 1. The van der Waals surface area contributed by atoms with Gasteiger partial charge in [-0.2, -0.15) is 12.8 Å². The topological polar surface area (TPSA) is 62.3 Å². The van der Waals surface area contributed by atoms with Gasteiger partial charge in [0.05, 0.1) is 11.4 Å². The highest BCUT2D eigenvalue weighted by atomic mass is 32.2. The normalized spacial score (nSPS) is 19.2. The van der Waals surface area contributed by atoms with E-state index in [1.54, 1.807) is 12.3 Å². The first-order valence-electron chi connectivity index (χ1n) is 4.35. The number of aromatic nitrogens is 1. The average Bonchev–Trinajstić information content (AvgIpc) is 2.51. The van der Waals surface area contributed by atoms with Gasteiger partial charge in [-0.15, -0.1) is 0 Å². The molecule has 1 aromatic rings. The number of nitrogens with one attached hydrogen (secondary N) is 1. The molecule has 1 aliphatic rings. The minimum absolute atomic E-state index is 0.261. The highest BCUT2D eigenvalue weighted by Gasteiger charge is 2.35. The van der Waals surface area contributed by atoms with Crippen molar-refractivity contribution >= 4 is 15.7 Å². The Morgan fingerprint density at radius 2 is 2.00 bits per heavy atom. The maximum atomic E-state index is 11.6. The lowest BCUT2D eigenvalue weighted by atomic mass is 9.88. The Morgan fingerprint density at radius 3 is 2.57 bits per heavy atom. The summed E-state index contributed by atoms with van der Waals surface area (Å²) in [6, 6.07) is 1.55. The molecule has 0 unspecified atom stereocenters. The van der Waals surface area contributed by atoms with Crippen molar-refractivity contribution in [2.24, 2.45) is 9.81 Å². The molecule has 5 heteroatoms. The summed E-state index contributed by atoms with van der Waals surface area (Å²) >= 11 is 0. The third kappa shape index (κ3) is 1.19. The van der Waals surface area contributed by atoms with Gasteiger partial charge in [0.1, 0.15) is 4.90 Å². The zero-order valence-corrected chi connectivity index (χ0v) is 9.14. The van der Waals surface area contributed by atoms with E-state index in [-0.39, 0.29) is 5.41 Å². The molecule has 1 aromatic heterocycles. The second-order valence-electron chi connectivity index (χ2n) is 4.38. The summed E-state index contributed by atoms with van der Waals surface area (Å²) in [5.74, 6) is 0. The molecule has 0 saturated heterocycles. The fraction of sp³-hybridized carbons (Fsp3) is 0.444. The van der Waals surface area contributed by atoms with Gasteiger partial charge in [-0.05, 0) is 6.07 Å². The molecule has 0 saturated carbocycles. The van der Waals surface area contributed by atoms with Crippen LogP contribution < -0.4 is 0 Å². The highest BCUT2D eigenvalue weighted by molar-refractivity contribution is 7.90. The van der Waals surface area contributed by atoms with E-state index in [4.69, 9.17) is 0 Å². The highest BCUT2D eigenvalue weighted by Crippen LogP contribution is 2.32.